The third-order valence-corrected chi connectivity index (χ3v) is 4.02. The standard InChI is InChI=1S/C18H22N6O/c1-13-21-14(2)24(22-13)11-4-9-20-18(25)16-7-5-15(6-8-16)17-19-10-12-23(17)3/h5-8,10,12H,4,9,11H2,1-3H3,(H,20,25). The van der Waals surface area contributed by atoms with E-state index in [1.807, 2.05) is 60.6 Å². The number of carbonyl (C=O) groups is 1. The fourth-order valence-electron chi connectivity index (χ4n) is 2.72. The Hall–Kier alpha value is -2.96. The number of carbonyl (C=O) groups excluding carboxylic acids is 1. The molecular formula is C18H22N6O. The zero-order chi connectivity index (χ0) is 17.8. The van der Waals surface area contributed by atoms with E-state index < -0.39 is 0 Å². The van der Waals surface area contributed by atoms with E-state index in [9.17, 15) is 4.79 Å². The summed E-state index contributed by atoms with van der Waals surface area (Å²) in [5.74, 6) is 2.48. The number of hydrogen-bond donors (Lipinski definition) is 1. The molecule has 1 aromatic carbocycles. The fraction of sp³-hybridized carbons (Fsp3) is 0.333. The van der Waals surface area contributed by atoms with E-state index in [1.54, 1.807) is 6.20 Å². The third kappa shape index (κ3) is 3.93. The summed E-state index contributed by atoms with van der Waals surface area (Å²) in [6, 6.07) is 7.48. The van der Waals surface area contributed by atoms with E-state index in [4.69, 9.17) is 0 Å². The summed E-state index contributed by atoms with van der Waals surface area (Å²) in [7, 11) is 1.95. The molecule has 0 fully saturated rings. The molecule has 0 saturated heterocycles. The number of aryl methyl sites for hydroxylation is 4. The van der Waals surface area contributed by atoms with E-state index in [2.05, 4.69) is 20.4 Å². The van der Waals surface area contributed by atoms with Crippen LogP contribution in [0, 0.1) is 13.8 Å². The normalized spacial score (nSPS) is 10.8. The van der Waals surface area contributed by atoms with E-state index in [0.717, 1.165) is 36.0 Å². The summed E-state index contributed by atoms with van der Waals surface area (Å²) < 4.78 is 3.81. The molecule has 0 radical (unpaired) electrons. The molecule has 1 N–H and O–H groups in total. The Kier molecular flexibility index (Phi) is 4.92. The molecule has 3 aromatic rings. The summed E-state index contributed by atoms with van der Waals surface area (Å²) in [4.78, 5) is 20.8. The highest BCUT2D eigenvalue weighted by Crippen LogP contribution is 2.17. The van der Waals surface area contributed by atoms with E-state index in [1.165, 1.54) is 0 Å². The topological polar surface area (TPSA) is 77.6 Å². The van der Waals surface area contributed by atoms with Crippen molar-refractivity contribution in [1.82, 2.24) is 29.6 Å². The highest BCUT2D eigenvalue weighted by molar-refractivity contribution is 5.94. The predicted octanol–water partition coefficient (Wildman–Crippen LogP) is 2.12. The Labute approximate surface area is 146 Å². The first-order chi connectivity index (χ1) is 12.0. The van der Waals surface area contributed by atoms with Crippen molar-refractivity contribution in [2.75, 3.05) is 6.54 Å². The number of hydrogen-bond acceptors (Lipinski definition) is 4. The highest BCUT2D eigenvalue weighted by Gasteiger charge is 2.08. The minimum Gasteiger partial charge on any atom is -0.352 e. The van der Waals surface area contributed by atoms with Gasteiger partial charge in [0.2, 0.25) is 0 Å². The summed E-state index contributed by atoms with van der Waals surface area (Å²) in [6.07, 6.45) is 4.46. The van der Waals surface area contributed by atoms with Crippen molar-refractivity contribution in [3.8, 4) is 11.4 Å². The second-order valence-electron chi connectivity index (χ2n) is 5.98. The maximum Gasteiger partial charge on any atom is 0.251 e. The van der Waals surface area contributed by atoms with Crippen LogP contribution in [0.4, 0.5) is 0 Å². The molecular weight excluding hydrogens is 316 g/mol. The Bertz CT molecular complexity index is 862. The molecule has 0 spiro atoms. The maximum atomic E-state index is 12.2. The second-order valence-corrected chi connectivity index (χ2v) is 5.98. The number of aromatic nitrogens is 5. The van der Waals surface area contributed by atoms with Gasteiger partial charge in [-0.1, -0.05) is 12.1 Å². The van der Waals surface area contributed by atoms with Crippen LogP contribution in [-0.4, -0.2) is 36.8 Å². The predicted molar refractivity (Wildman–Crippen MR) is 95.1 cm³/mol. The lowest BCUT2D eigenvalue weighted by molar-refractivity contribution is 0.0952. The zero-order valence-corrected chi connectivity index (χ0v) is 14.7. The minimum absolute atomic E-state index is 0.0714. The zero-order valence-electron chi connectivity index (χ0n) is 14.7. The van der Waals surface area contributed by atoms with Gasteiger partial charge in [-0.15, -0.1) is 0 Å². The summed E-state index contributed by atoms with van der Waals surface area (Å²) in [6.45, 7) is 5.14. The van der Waals surface area contributed by atoms with Crippen LogP contribution in [0.25, 0.3) is 11.4 Å². The quantitative estimate of drug-likeness (QED) is 0.698. The smallest absolute Gasteiger partial charge is 0.251 e. The van der Waals surface area contributed by atoms with Gasteiger partial charge in [-0.2, -0.15) is 5.10 Å². The largest absolute Gasteiger partial charge is 0.352 e. The van der Waals surface area contributed by atoms with Crippen molar-refractivity contribution >= 4 is 5.91 Å². The van der Waals surface area contributed by atoms with Gasteiger partial charge in [-0.05, 0) is 32.4 Å². The fourth-order valence-corrected chi connectivity index (χ4v) is 2.72. The molecule has 0 unspecified atom stereocenters. The number of imidazole rings is 1. The molecule has 2 aromatic heterocycles. The van der Waals surface area contributed by atoms with Crippen LogP contribution in [0.1, 0.15) is 28.4 Å². The molecule has 0 aliphatic rings. The van der Waals surface area contributed by atoms with Gasteiger partial charge in [0.15, 0.2) is 0 Å². The molecule has 7 heteroatoms. The average molecular weight is 338 g/mol. The maximum absolute atomic E-state index is 12.2. The van der Waals surface area contributed by atoms with Crippen molar-refractivity contribution in [3.05, 3.63) is 53.9 Å². The molecule has 0 atom stereocenters. The summed E-state index contributed by atoms with van der Waals surface area (Å²) in [5, 5.41) is 7.25. The van der Waals surface area contributed by atoms with Gasteiger partial charge in [-0.25, -0.2) is 9.97 Å². The first-order valence-corrected chi connectivity index (χ1v) is 8.28. The van der Waals surface area contributed by atoms with Gasteiger partial charge >= 0.3 is 0 Å². The lowest BCUT2D eigenvalue weighted by atomic mass is 10.1. The SMILES string of the molecule is Cc1nc(C)n(CCCNC(=O)c2ccc(-c3nccn3C)cc2)n1. The summed E-state index contributed by atoms with van der Waals surface area (Å²) >= 11 is 0. The Balaban J connectivity index is 1.51. The Morgan fingerprint density at radius 3 is 2.56 bits per heavy atom. The summed E-state index contributed by atoms with van der Waals surface area (Å²) in [5.41, 5.74) is 1.63. The van der Waals surface area contributed by atoms with Crippen LogP contribution in [0.2, 0.25) is 0 Å². The van der Waals surface area contributed by atoms with E-state index in [-0.39, 0.29) is 5.91 Å². The highest BCUT2D eigenvalue weighted by atomic mass is 16.1. The Morgan fingerprint density at radius 1 is 1.20 bits per heavy atom. The third-order valence-electron chi connectivity index (χ3n) is 4.02. The van der Waals surface area contributed by atoms with Gasteiger partial charge in [0.1, 0.15) is 17.5 Å². The van der Waals surface area contributed by atoms with Crippen LogP contribution in [0.15, 0.2) is 36.7 Å². The second kappa shape index (κ2) is 7.29. The van der Waals surface area contributed by atoms with Crippen molar-refractivity contribution < 1.29 is 4.79 Å². The number of rotatable bonds is 6. The van der Waals surface area contributed by atoms with Crippen molar-refractivity contribution in [1.29, 1.82) is 0 Å². The van der Waals surface area contributed by atoms with Gasteiger partial charge < -0.3 is 9.88 Å². The number of nitrogens with zero attached hydrogens (tertiary/aromatic N) is 5. The van der Waals surface area contributed by atoms with Crippen LogP contribution < -0.4 is 5.32 Å². The molecule has 1 amide bonds. The molecule has 7 nitrogen and oxygen atoms in total. The first-order valence-electron chi connectivity index (χ1n) is 8.28. The first kappa shape index (κ1) is 16.9. The van der Waals surface area contributed by atoms with Crippen LogP contribution in [-0.2, 0) is 13.6 Å². The number of benzene rings is 1. The van der Waals surface area contributed by atoms with Crippen LogP contribution >= 0.6 is 0 Å². The van der Waals surface area contributed by atoms with Gasteiger partial charge in [0.25, 0.3) is 5.91 Å². The molecule has 0 aliphatic carbocycles. The molecule has 0 bridgehead atoms. The van der Waals surface area contributed by atoms with E-state index in [0.29, 0.717) is 12.1 Å². The van der Waals surface area contributed by atoms with E-state index >= 15 is 0 Å². The van der Waals surface area contributed by atoms with Gasteiger partial charge in [0, 0.05) is 43.7 Å². The molecule has 130 valence electrons. The molecule has 3 rings (SSSR count). The minimum atomic E-state index is -0.0714. The lowest BCUT2D eigenvalue weighted by Gasteiger charge is -2.07. The molecule has 25 heavy (non-hydrogen) atoms. The number of nitrogens with one attached hydrogen (secondary N) is 1. The van der Waals surface area contributed by atoms with Crippen molar-refractivity contribution in [2.24, 2.45) is 7.05 Å². The average Bonchev–Trinajstić information content (AvgIpc) is 3.16. The molecule has 0 saturated carbocycles. The van der Waals surface area contributed by atoms with Crippen molar-refractivity contribution in [2.45, 2.75) is 26.8 Å². The van der Waals surface area contributed by atoms with Gasteiger partial charge in [0.05, 0.1) is 0 Å². The number of amides is 1. The Morgan fingerprint density at radius 2 is 1.96 bits per heavy atom. The van der Waals surface area contributed by atoms with Crippen molar-refractivity contribution in [3.63, 3.8) is 0 Å². The monoisotopic (exact) mass is 338 g/mol. The molecule has 0 aliphatic heterocycles. The molecule has 2 heterocycles. The lowest BCUT2D eigenvalue weighted by Crippen LogP contribution is -2.25. The van der Waals surface area contributed by atoms with Crippen LogP contribution in [0.3, 0.4) is 0 Å². The van der Waals surface area contributed by atoms with Gasteiger partial charge in [-0.3, -0.25) is 9.48 Å². The van der Waals surface area contributed by atoms with Crippen LogP contribution in [0.5, 0.6) is 0 Å².